The molecule has 2 rings (SSSR count). The van der Waals surface area contributed by atoms with E-state index >= 15 is 0 Å². The van der Waals surface area contributed by atoms with Crippen molar-refractivity contribution in [2.45, 2.75) is 19.4 Å². The summed E-state index contributed by atoms with van der Waals surface area (Å²) < 4.78 is 0.839. The maximum atomic E-state index is 12.3. The SMILES string of the molecule is CC(O)C1CCN(C(=O)c2cc(Br)ccc2N)C1. The zero-order chi connectivity index (χ0) is 13.3. The Morgan fingerprint density at radius 1 is 1.61 bits per heavy atom. The van der Waals surface area contributed by atoms with Crippen molar-refractivity contribution in [1.29, 1.82) is 0 Å². The molecule has 0 spiro atoms. The Labute approximate surface area is 115 Å². The molecule has 2 unspecified atom stereocenters. The fourth-order valence-electron chi connectivity index (χ4n) is 2.25. The van der Waals surface area contributed by atoms with Crippen LogP contribution in [0.5, 0.6) is 0 Å². The van der Waals surface area contributed by atoms with Gasteiger partial charge >= 0.3 is 0 Å². The van der Waals surface area contributed by atoms with Crippen LogP contribution in [0.25, 0.3) is 0 Å². The first-order valence-corrected chi connectivity index (χ1v) is 6.80. The summed E-state index contributed by atoms with van der Waals surface area (Å²) in [6, 6.07) is 5.28. The molecule has 1 aliphatic heterocycles. The maximum Gasteiger partial charge on any atom is 0.255 e. The normalized spacial score (nSPS) is 21.1. The number of carbonyl (C=O) groups excluding carboxylic acids is 1. The van der Waals surface area contributed by atoms with E-state index in [-0.39, 0.29) is 17.9 Å². The van der Waals surface area contributed by atoms with Crippen LogP contribution >= 0.6 is 15.9 Å². The van der Waals surface area contributed by atoms with Crippen LogP contribution in [0, 0.1) is 5.92 Å². The van der Waals surface area contributed by atoms with Gasteiger partial charge in [-0.2, -0.15) is 0 Å². The van der Waals surface area contributed by atoms with Crippen molar-refractivity contribution >= 4 is 27.5 Å². The minimum atomic E-state index is -0.373. The fourth-order valence-corrected chi connectivity index (χ4v) is 2.61. The lowest BCUT2D eigenvalue weighted by atomic mass is 10.0. The molecule has 5 heteroatoms. The summed E-state index contributed by atoms with van der Waals surface area (Å²) >= 11 is 3.34. The number of hydrogen-bond acceptors (Lipinski definition) is 3. The van der Waals surface area contributed by atoms with Gasteiger partial charge in [0.15, 0.2) is 0 Å². The predicted molar refractivity (Wildman–Crippen MR) is 74.2 cm³/mol. The fraction of sp³-hybridized carbons (Fsp3) is 0.462. The predicted octanol–water partition coefficient (Wildman–Crippen LogP) is 1.87. The molecule has 1 aliphatic rings. The number of carbonyl (C=O) groups is 1. The first-order valence-electron chi connectivity index (χ1n) is 6.01. The molecule has 1 saturated heterocycles. The summed E-state index contributed by atoms with van der Waals surface area (Å²) in [7, 11) is 0. The molecule has 18 heavy (non-hydrogen) atoms. The average Bonchev–Trinajstić information content (AvgIpc) is 2.81. The quantitative estimate of drug-likeness (QED) is 0.819. The van der Waals surface area contributed by atoms with E-state index in [0.717, 1.165) is 10.9 Å². The number of benzene rings is 1. The number of nitrogen functional groups attached to an aromatic ring is 1. The number of nitrogens with two attached hydrogens (primary N) is 1. The molecule has 2 atom stereocenters. The molecule has 1 aromatic rings. The molecule has 0 saturated carbocycles. The Kier molecular flexibility index (Phi) is 3.92. The molecular weight excluding hydrogens is 296 g/mol. The van der Waals surface area contributed by atoms with Crippen LogP contribution in [0.1, 0.15) is 23.7 Å². The van der Waals surface area contributed by atoms with Gasteiger partial charge in [0.2, 0.25) is 0 Å². The van der Waals surface area contributed by atoms with Crippen molar-refractivity contribution in [1.82, 2.24) is 4.90 Å². The Hall–Kier alpha value is -1.07. The van der Waals surface area contributed by atoms with Crippen LogP contribution in [0.4, 0.5) is 5.69 Å². The maximum absolute atomic E-state index is 12.3. The van der Waals surface area contributed by atoms with Gasteiger partial charge < -0.3 is 15.7 Å². The van der Waals surface area contributed by atoms with Gasteiger partial charge in [-0.1, -0.05) is 15.9 Å². The topological polar surface area (TPSA) is 66.6 Å². The van der Waals surface area contributed by atoms with Crippen molar-refractivity contribution in [3.05, 3.63) is 28.2 Å². The molecule has 3 N–H and O–H groups in total. The largest absolute Gasteiger partial charge is 0.398 e. The molecule has 1 amide bonds. The van der Waals surface area contributed by atoms with E-state index in [1.54, 1.807) is 24.0 Å². The first-order chi connectivity index (χ1) is 8.49. The molecular formula is C13H17BrN2O2. The summed E-state index contributed by atoms with van der Waals surface area (Å²) in [5.41, 5.74) is 6.85. The minimum Gasteiger partial charge on any atom is -0.398 e. The minimum absolute atomic E-state index is 0.0584. The van der Waals surface area contributed by atoms with E-state index in [1.165, 1.54) is 0 Å². The smallest absolute Gasteiger partial charge is 0.255 e. The van der Waals surface area contributed by atoms with Gasteiger partial charge in [0, 0.05) is 29.2 Å². The number of nitrogens with zero attached hydrogens (tertiary/aromatic N) is 1. The number of aliphatic hydroxyl groups excluding tert-OH is 1. The second-order valence-electron chi connectivity index (χ2n) is 4.77. The van der Waals surface area contributed by atoms with Crippen LogP contribution in [-0.2, 0) is 0 Å². The number of amides is 1. The number of hydrogen-bond donors (Lipinski definition) is 2. The highest BCUT2D eigenvalue weighted by Crippen LogP contribution is 2.25. The third kappa shape index (κ3) is 2.67. The second-order valence-corrected chi connectivity index (χ2v) is 5.69. The molecule has 0 bridgehead atoms. The molecule has 0 aromatic heterocycles. The molecule has 1 aromatic carbocycles. The first kappa shape index (κ1) is 13.4. The lowest BCUT2D eigenvalue weighted by Crippen LogP contribution is -2.30. The number of likely N-dealkylation sites (tertiary alicyclic amines) is 1. The monoisotopic (exact) mass is 312 g/mol. The summed E-state index contributed by atoms with van der Waals surface area (Å²) in [6.45, 7) is 3.05. The van der Waals surface area contributed by atoms with E-state index < -0.39 is 0 Å². The standard InChI is InChI=1S/C13H17BrN2O2/c1-8(17)9-4-5-16(7-9)13(18)11-6-10(14)2-3-12(11)15/h2-3,6,8-9,17H,4-5,7,15H2,1H3. The Bertz CT molecular complexity index is 462. The van der Waals surface area contributed by atoms with E-state index in [0.29, 0.717) is 24.3 Å². The highest BCUT2D eigenvalue weighted by Gasteiger charge is 2.30. The third-order valence-electron chi connectivity index (χ3n) is 3.44. The lowest BCUT2D eigenvalue weighted by Gasteiger charge is -2.18. The summed E-state index contributed by atoms with van der Waals surface area (Å²) in [4.78, 5) is 14.1. The van der Waals surface area contributed by atoms with Gasteiger partial charge in [0.25, 0.3) is 5.91 Å². The van der Waals surface area contributed by atoms with Gasteiger partial charge in [-0.15, -0.1) is 0 Å². The number of anilines is 1. The number of aliphatic hydroxyl groups is 1. The molecule has 0 aliphatic carbocycles. The van der Waals surface area contributed by atoms with Crippen molar-refractivity contribution in [2.24, 2.45) is 5.92 Å². The van der Waals surface area contributed by atoms with Gasteiger partial charge in [-0.25, -0.2) is 0 Å². The van der Waals surface area contributed by atoms with Crippen molar-refractivity contribution in [3.63, 3.8) is 0 Å². The summed E-state index contributed by atoms with van der Waals surface area (Å²) in [5.74, 6) is 0.110. The molecule has 0 radical (unpaired) electrons. The van der Waals surface area contributed by atoms with Crippen molar-refractivity contribution < 1.29 is 9.90 Å². The van der Waals surface area contributed by atoms with E-state index in [1.807, 2.05) is 6.07 Å². The highest BCUT2D eigenvalue weighted by molar-refractivity contribution is 9.10. The highest BCUT2D eigenvalue weighted by atomic mass is 79.9. The zero-order valence-corrected chi connectivity index (χ0v) is 11.9. The summed E-state index contributed by atoms with van der Waals surface area (Å²) in [5, 5.41) is 9.55. The van der Waals surface area contributed by atoms with E-state index in [2.05, 4.69) is 15.9 Å². The Balaban J connectivity index is 2.15. The Morgan fingerprint density at radius 2 is 2.33 bits per heavy atom. The van der Waals surface area contributed by atoms with Crippen molar-refractivity contribution in [3.8, 4) is 0 Å². The average molecular weight is 313 g/mol. The van der Waals surface area contributed by atoms with Crippen LogP contribution in [-0.4, -0.2) is 35.1 Å². The van der Waals surface area contributed by atoms with E-state index in [9.17, 15) is 9.90 Å². The van der Waals surface area contributed by atoms with Crippen LogP contribution in [0.15, 0.2) is 22.7 Å². The van der Waals surface area contributed by atoms with Gasteiger partial charge in [0.05, 0.1) is 11.7 Å². The molecule has 98 valence electrons. The Morgan fingerprint density at radius 3 is 2.94 bits per heavy atom. The molecule has 1 fully saturated rings. The van der Waals surface area contributed by atoms with Gasteiger partial charge in [-0.3, -0.25) is 4.79 Å². The number of rotatable bonds is 2. The molecule has 4 nitrogen and oxygen atoms in total. The van der Waals surface area contributed by atoms with Gasteiger partial charge in [0.1, 0.15) is 0 Å². The van der Waals surface area contributed by atoms with E-state index in [4.69, 9.17) is 5.73 Å². The third-order valence-corrected chi connectivity index (χ3v) is 3.93. The zero-order valence-electron chi connectivity index (χ0n) is 10.3. The second kappa shape index (κ2) is 5.28. The van der Waals surface area contributed by atoms with Gasteiger partial charge in [-0.05, 0) is 31.5 Å². The summed E-state index contributed by atoms with van der Waals surface area (Å²) in [6.07, 6.45) is 0.472. The van der Waals surface area contributed by atoms with Crippen LogP contribution in [0.3, 0.4) is 0 Å². The number of halogens is 1. The van der Waals surface area contributed by atoms with Crippen LogP contribution in [0.2, 0.25) is 0 Å². The van der Waals surface area contributed by atoms with Crippen molar-refractivity contribution in [2.75, 3.05) is 18.8 Å². The lowest BCUT2D eigenvalue weighted by molar-refractivity contribution is 0.0763. The molecule has 1 heterocycles. The van der Waals surface area contributed by atoms with Crippen LogP contribution < -0.4 is 5.73 Å².